The van der Waals surface area contributed by atoms with Crippen molar-refractivity contribution in [1.82, 2.24) is 10.2 Å². The van der Waals surface area contributed by atoms with Gasteiger partial charge in [-0.15, -0.1) is 0 Å². The Hall–Kier alpha value is -0.120. The van der Waals surface area contributed by atoms with E-state index in [1.807, 2.05) is 7.11 Å². The van der Waals surface area contributed by atoms with E-state index in [9.17, 15) is 0 Å². The molecule has 0 aromatic carbocycles. The maximum absolute atomic E-state index is 5.32. The van der Waals surface area contributed by atoms with E-state index >= 15 is 0 Å². The molecule has 19 heavy (non-hydrogen) atoms. The summed E-state index contributed by atoms with van der Waals surface area (Å²) in [5, 5.41) is 3.64. The summed E-state index contributed by atoms with van der Waals surface area (Å²) in [6, 6.07) is 1.49. The van der Waals surface area contributed by atoms with Crippen molar-refractivity contribution in [3.8, 4) is 0 Å². The van der Waals surface area contributed by atoms with Crippen LogP contribution in [0.3, 0.4) is 0 Å². The van der Waals surface area contributed by atoms with Crippen molar-refractivity contribution in [3.63, 3.8) is 0 Å². The number of nitrogens with zero attached hydrogens (tertiary/aromatic N) is 1. The Kier molecular flexibility index (Phi) is 6.11. The summed E-state index contributed by atoms with van der Waals surface area (Å²) < 4.78 is 5.32. The van der Waals surface area contributed by atoms with E-state index in [4.69, 9.17) is 4.74 Å². The molecule has 0 amide bonds. The van der Waals surface area contributed by atoms with Crippen molar-refractivity contribution in [3.05, 3.63) is 0 Å². The van der Waals surface area contributed by atoms with Gasteiger partial charge >= 0.3 is 0 Å². The molecule has 1 aliphatic heterocycles. The molecule has 112 valence electrons. The van der Waals surface area contributed by atoms with Gasteiger partial charge in [-0.25, -0.2) is 0 Å². The predicted octanol–water partition coefficient (Wildman–Crippen LogP) is 2.51. The van der Waals surface area contributed by atoms with Crippen LogP contribution in [0, 0.1) is 11.8 Å². The fourth-order valence-corrected chi connectivity index (χ4v) is 4.03. The molecule has 3 nitrogen and oxygen atoms in total. The molecule has 0 bridgehead atoms. The van der Waals surface area contributed by atoms with Gasteiger partial charge in [-0.1, -0.05) is 13.8 Å². The predicted molar refractivity (Wildman–Crippen MR) is 80.4 cm³/mol. The van der Waals surface area contributed by atoms with E-state index < -0.39 is 0 Å². The maximum atomic E-state index is 5.32. The highest BCUT2D eigenvalue weighted by atomic mass is 16.5. The Morgan fingerprint density at radius 2 is 1.89 bits per heavy atom. The minimum atomic E-state index is 0.712. The summed E-state index contributed by atoms with van der Waals surface area (Å²) in [6.07, 6.45) is 6.86. The first-order chi connectivity index (χ1) is 9.19. The van der Waals surface area contributed by atoms with Crippen molar-refractivity contribution >= 4 is 0 Å². The molecule has 3 heteroatoms. The number of ether oxygens (including phenoxy) is 1. The minimum Gasteiger partial charge on any atom is -0.383 e. The molecule has 0 aromatic heterocycles. The van der Waals surface area contributed by atoms with Crippen LogP contribution < -0.4 is 5.32 Å². The summed E-state index contributed by atoms with van der Waals surface area (Å²) >= 11 is 0. The zero-order valence-corrected chi connectivity index (χ0v) is 13.0. The largest absolute Gasteiger partial charge is 0.383 e. The van der Waals surface area contributed by atoms with Crippen LogP contribution in [0.1, 0.15) is 46.0 Å². The molecule has 1 saturated heterocycles. The Morgan fingerprint density at radius 3 is 2.47 bits per heavy atom. The van der Waals surface area contributed by atoms with E-state index in [0.29, 0.717) is 6.04 Å². The van der Waals surface area contributed by atoms with Crippen molar-refractivity contribution in [2.24, 2.45) is 11.8 Å². The summed E-state index contributed by atoms with van der Waals surface area (Å²) in [6.45, 7) is 9.23. The van der Waals surface area contributed by atoms with Gasteiger partial charge in [0.25, 0.3) is 0 Å². The first kappa shape index (κ1) is 15.3. The molecule has 0 spiro atoms. The van der Waals surface area contributed by atoms with Crippen LogP contribution in [0.5, 0.6) is 0 Å². The molecule has 3 atom stereocenters. The standard InChI is InChI=1S/C16H32N2O/c1-13-9-14(2)11-16(10-13)18(7-8-19-3)12-15-5-4-6-17-15/h13-17H,4-12H2,1-3H3. The summed E-state index contributed by atoms with van der Waals surface area (Å²) in [5.41, 5.74) is 0. The van der Waals surface area contributed by atoms with E-state index in [2.05, 4.69) is 24.1 Å². The molecule has 2 aliphatic rings. The SMILES string of the molecule is COCCN(CC1CCCN1)C1CC(C)CC(C)C1. The summed E-state index contributed by atoms with van der Waals surface area (Å²) in [5.74, 6) is 1.77. The Morgan fingerprint density at radius 1 is 1.16 bits per heavy atom. The Bertz CT molecular complexity index is 243. The zero-order chi connectivity index (χ0) is 13.7. The molecule has 0 aromatic rings. The highest BCUT2D eigenvalue weighted by Crippen LogP contribution is 2.31. The number of rotatable bonds is 6. The van der Waals surface area contributed by atoms with Gasteiger partial charge in [-0.05, 0) is 50.5 Å². The van der Waals surface area contributed by atoms with Gasteiger partial charge in [-0.2, -0.15) is 0 Å². The van der Waals surface area contributed by atoms with Crippen molar-refractivity contribution < 1.29 is 4.74 Å². The zero-order valence-electron chi connectivity index (χ0n) is 13.0. The second-order valence-corrected chi connectivity index (χ2v) is 6.85. The molecule has 2 rings (SSSR count). The second-order valence-electron chi connectivity index (χ2n) is 6.85. The van der Waals surface area contributed by atoms with Crippen LogP contribution >= 0.6 is 0 Å². The lowest BCUT2D eigenvalue weighted by Crippen LogP contribution is -2.47. The third kappa shape index (κ3) is 4.73. The van der Waals surface area contributed by atoms with Gasteiger partial charge in [-0.3, -0.25) is 4.90 Å². The van der Waals surface area contributed by atoms with Crippen LogP contribution in [-0.2, 0) is 4.74 Å². The number of nitrogens with one attached hydrogen (secondary N) is 1. The minimum absolute atomic E-state index is 0.712. The summed E-state index contributed by atoms with van der Waals surface area (Å²) in [7, 11) is 1.82. The van der Waals surface area contributed by atoms with Gasteiger partial charge in [0.2, 0.25) is 0 Å². The molecule has 3 unspecified atom stereocenters. The van der Waals surface area contributed by atoms with Gasteiger partial charge in [0.05, 0.1) is 6.61 Å². The molecular formula is C16H32N2O. The van der Waals surface area contributed by atoms with Crippen molar-refractivity contribution in [2.45, 2.75) is 58.0 Å². The summed E-state index contributed by atoms with van der Waals surface area (Å²) in [4.78, 5) is 2.71. The third-order valence-electron chi connectivity index (χ3n) is 4.87. The average Bonchev–Trinajstić information content (AvgIpc) is 2.86. The molecule has 1 saturated carbocycles. The fraction of sp³-hybridized carbons (Fsp3) is 1.00. The Labute approximate surface area is 119 Å². The van der Waals surface area contributed by atoms with Crippen LogP contribution in [-0.4, -0.2) is 50.3 Å². The lowest BCUT2D eigenvalue weighted by atomic mass is 9.79. The lowest BCUT2D eigenvalue weighted by molar-refractivity contribution is 0.0711. The van der Waals surface area contributed by atoms with Crippen LogP contribution in [0.4, 0.5) is 0 Å². The van der Waals surface area contributed by atoms with E-state index in [0.717, 1.165) is 31.0 Å². The van der Waals surface area contributed by atoms with Crippen molar-refractivity contribution in [1.29, 1.82) is 0 Å². The normalized spacial score (nSPS) is 36.0. The molecule has 0 radical (unpaired) electrons. The van der Waals surface area contributed by atoms with Gasteiger partial charge in [0.1, 0.15) is 0 Å². The van der Waals surface area contributed by atoms with Crippen LogP contribution in [0.15, 0.2) is 0 Å². The third-order valence-corrected chi connectivity index (χ3v) is 4.87. The fourth-order valence-electron chi connectivity index (χ4n) is 4.03. The van der Waals surface area contributed by atoms with Crippen LogP contribution in [0.25, 0.3) is 0 Å². The molecule has 1 aliphatic carbocycles. The monoisotopic (exact) mass is 268 g/mol. The quantitative estimate of drug-likeness (QED) is 0.801. The molecule has 1 heterocycles. The van der Waals surface area contributed by atoms with E-state index in [-0.39, 0.29) is 0 Å². The molecular weight excluding hydrogens is 236 g/mol. The van der Waals surface area contributed by atoms with E-state index in [1.165, 1.54) is 45.2 Å². The highest BCUT2D eigenvalue weighted by Gasteiger charge is 2.30. The van der Waals surface area contributed by atoms with Crippen molar-refractivity contribution in [2.75, 3.05) is 33.4 Å². The number of hydrogen-bond donors (Lipinski definition) is 1. The van der Waals surface area contributed by atoms with Crippen LogP contribution in [0.2, 0.25) is 0 Å². The van der Waals surface area contributed by atoms with Gasteiger partial charge in [0.15, 0.2) is 0 Å². The van der Waals surface area contributed by atoms with E-state index in [1.54, 1.807) is 0 Å². The number of methoxy groups -OCH3 is 1. The van der Waals surface area contributed by atoms with Gasteiger partial charge < -0.3 is 10.1 Å². The lowest BCUT2D eigenvalue weighted by Gasteiger charge is -2.40. The topological polar surface area (TPSA) is 24.5 Å². The first-order valence-corrected chi connectivity index (χ1v) is 8.15. The second kappa shape index (κ2) is 7.61. The average molecular weight is 268 g/mol. The number of hydrogen-bond acceptors (Lipinski definition) is 3. The Balaban J connectivity index is 1.90. The maximum Gasteiger partial charge on any atom is 0.0589 e. The molecule has 2 fully saturated rings. The first-order valence-electron chi connectivity index (χ1n) is 8.15. The smallest absolute Gasteiger partial charge is 0.0589 e. The molecule has 1 N–H and O–H groups in total. The van der Waals surface area contributed by atoms with Gasteiger partial charge in [0, 0.05) is 32.3 Å². The highest BCUT2D eigenvalue weighted by molar-refractivity contribution is 4.86.